The van der Waals surface area contributed by atoms with Crippen LogP contribution in [-0.2, 0) is 6.54 Å². The fourth-order valence-electron chi connectivity index (χ4n) is 2.52. The highest BCUT2D eigenvalue weighted by Gasteiger charge is 2.08. The van der Waals surface area contributed by atoms with E-state index in [-0.39, 0.29) is 29.9 Å². The fourth-order valence-corrected chi connectivity index (χ4v) is 2.78. The Morgan fingerprint density at radius 2 is 1.68 bits per heavy atom. The molecule has 0 aliphatic rings. The first-order chi connectivity index (χ1) is 13.0. The number of nitrogens with zero attached hydrogens (tertiary/aromatic N) is 2. The molecule has 0 saturated heterocycles. The van der Waals surface area contributed by atoms with Gasteiger partial charge in [0.05, 0.1) is 7.11 Å². The summed E-state index contributed by atoms with van der Waals surface area (Å²) in [5, 5.41) is 6.15. The normalized spacial score (nSPS) is 10.6. The van der Waals surface area contributed by atoms with Gasteiger partial charge in [0, 0.05) is 43.8 Å². The smallest absolute Gasteiger partial charge is 0.251 e. The van der Waals surface area contributed by atoms with E-state index in [1.54, 1.807) is 38.4 Å². The van der Waals surface area contributed by atoms with E-state index < -0.39 is 0 Å². The lowest BCUT2D eigenvalue weighted by molar-refractivity contribution is 0.0954. The van der Waals surface area contributed by atoms with Gasteiger partial charge in [0.2, 0.25) is 0 Å². The third-order valence-corrected chi connectivity index (χ3v) is 4.48. The second kappa shape index (κ2) is 12.6. The molecule has 0 bridgehead atoms. The second-order valence-corrected chi connectivity index (χ2v) is 6.86. The quantitative estimate of drug-likeness (QED) is 0.235. The number of amides is 1. The molecule has 0 spiro atoms. The SMILES string of the molecule is CN=C(NCCNC(=O)c1ccc(OC)cc1)N(C)Cc1ccc(Br)cc1.I. The number of rotatable bonds is 7. The van der Waals surface area contributed by atoms with Crippen molar-refractivity contribution in [2.45, 2.75) is 6.54 Å². The summed E-state index contributed by atoms with van der Waals surface area (Å²) in [5.74, 6) is 1.39. The molecule has 152 valence electrons. The molecule has 0 unspecified atom stereocenters. The summed E-state index contributed by atoms with van der Waals surface area (Å²) in [6, 6.07) is 15.2. The van der Waals surface area contributed by atoms with Crippen molar-refractivity contribution >= 4 is 51.8 Å². The van der Waals surface area contributed by atoms with Gasteiger partial charge in [-0.15, -0.1) is 24.0 Å². The highest BCUT2D eigenvalue weighted by molar-refractivity contribution is 14.0. The number of aliphatic imine (C=N–C) groups is 1. The predicted octanol–water partition coefficient (Wildman–Crippen LogP) is 3.51. The van der Waals surface area contributed by atoms with Crippen LogP contribution in [-0.4, -0.2) is 51.1 Å². The van der Waals surface area contributed by atoms with E-state index in [1.807, 2.05) is 24.1 Å². The lowest BCUT2D eigenvalue weighted by Gasteiger charge is -2.22. The number of ether oxygens (including phenoxy) is 1. The first-order valence-electron chi connectivity index (χ1n) is 8.62. The molecule has 2 aromatic carbocycles. The Bertz CT molecular complexity index is 767. The van der Waals surface area contributed by atoms with Crippen LogP contribution in [0.25, 0.3) is 0 Å². The lowest BCUT2D eigenvalue weighted by Crippen LogP contribution is -2.42. The Balaban J connectivity index is 0.00000392. The van der Waals surface area contributed by atoms with Crippen molar-refractivity contribution in [2.24, 2.45) is 4.99 Å². The maximum absolute atomic E-state index is 12.1. The van der Waals surface area contributed by atoms with E-state index in [4.69, 9.17) is 4.74 Å². The average molecular weight is 561 g/mol. The summed E-state index contributed by atoms with van der Waals surface area (Å²) < 4.78 is 6.15. The number of carbonyl (C=O) groups excluding carboxylic acids is 1. The number of nitrogens with one attached hydrogen (secondary N) is 2. The van der Waals surface area contributed by atoms with Crippen molar-refractivity contribution in [3.8, 4) is 5.75 Å². The molecule has 1 amide bonds. The number of methoxy groups -OCH3 is 1. The highest BCUT2D eigenvalue weighted by Crippen LogP contribution is 2.12. The number of hydrogen-bond donors (Lipinski definition) is 2. The molecule has 0 radical (unpaired) electrons. The molecule has 0 aromatic heterocycles. The van der Waals surface area contributed by atoms with Crippen LogP contribution >= 0.6 is 39.9 Å². The zero-order valence-corrected chi connectivity index (χ0v) is 20.2. The highest BCUT2D eigenvalue weighted by atomic mass is 127. The summed E-state index contributed by atoms with van der Waals surface area (Å²) in [6.45, 7) is 1.82. The second-order valence-electron chi connectivity index (χ2n) is 5.94. The number of halogens is 2. The van der Waals surface area contributed by atoms with Crippen LogP contribution in [0.2, 0.25) is 0 Å². The summed E-state index contributed by atoms with van der Waals surface area (Å²) in [4.78, 5) is 18.5. The van der Waals surface area contributed by atoms with E-state index in [0.29, 0.717) is 18.7 Å². The van der Waals surface area contributed by atoms with Crippen molar-refractivity contribution < 1.29 is 9.53 Å². The predicted molar refractivity (Wildman–Crippen MR) is 128 cm³/mol. The van der Waals surface area contributed by atoms with Gasteiger partial charge >= 0.3 is 0 Å². The standard InChI is InChI=1S/C20H25BrN4O2.HI/c1-22-20(25(2)14-15-4-8-17(21)9-5-15)24-13-12-23-19(26)16-6-10-18(27-3)11-7-16;/h4-11H,12-14H2,1-3H3,(H,22,24)(H,23,26);1H. The van der Waals surface area contributed by atoms with Gasteiger partial charge in [-0.25, -0.2) is 0 Å². The molecule has 6 nitrogen and oxygen atoms in total. The van der Waals surface area contributed by atoms with Gasteiger partial charge in [0.25, 0.3) is 5.91 Å². The van der Waals surface area contributed by atoms with Gasteiger partial charge in [-0.3, -0.25) is 9.79 Å². The fraction of sp³-hybridized carbons (Fsp3) is 0.300. The van der Waals surface area contributed by atoms with E-state index in [2.05, 4.69) is 43.7 Å². The minimum Gasteiger partial charge on any atom is -0.497 e. The van der Waals surface area contributed by atoms with Crippen molar-refractivity contribution in [1.82, 2.24) is 15.5 Å². The largest absolute Gasteiger partial charge is 0.497 e. The van der Waals surface area contributed by atoms with Crippen LogP contribution in [0.1, 0.15) is 15.9 Å². The molecular formula is C20H26BrIN4O2. The molecule has 0 aliphatic heterocycles. The Morgan fingerprint density at radius 1 is 1.07 bits per heavy atom. The van der Waals surface area contributed by atoms with Crippen molar-refractivity contribution in [2.75, 3.05) is 34.3 Å². The Kier molecular flexibility index (Phi) is 10.9. The first-order valence-corrected chi connectivity index (χ1v) is 9.41. The zero-order chi connectivity index (χ0) is 19.6. The minimum absolute atomic E-state index is 0. The molecule has 28 heavy (non-hydrogen) atoms. The molecule has 0 atom stereocenters. The molecule has 2 N–H and O–H groups in total. The van der Waals surface area contributed by atoms with Gasteiger partial charge in [0.1, 0.15) is 5.75 Å². The van der Waals surface area contributed by atoms with Crippen LogP contribution in [0.15, 0.2) is 58.0 Å². The monoisotopic (exact) mass is 560 g/mol. The van der Waals surface area contributed by atoms with Crippen LogP contribution in [0.3, 0.4) is 0 Å². The van der Waals surface area contributed by atoms with Gasteiger partial charge in [0.15, 0.2) is 5.96 Å². The van der Waals surface area contributed by atoms with Gasteiger partial charge in [-0.2, -0.15) is 0 Å². The van der Waals surface area contributed by atoms with Gasteiger partial charge < -0.3 is 20.3 Å². The maximum Gasteiger partial charge on any atom is 0.251 e. The number of benzene rings is 2. The summed E-state index contributed by atoms with van der Waals surface area (Å²) >= 11 is 3.44. The third kappa shape index (κ3) is 7.67. The average Bonchev–Trinajstić information content (AvgIpc) is 2.69. The maximum atomic E-state index is 12.1. The van der Waals surface area contributed by atoms with Crippen molar-refractivity contribution in [3.63, 3.8) is 0 Å². The third-order valence-electron chi connectivity index (χ3n) is 3.95. The minimum atomic E-state index is -0.113. The Morgan fingerprint density at radius 3 is 2.25 bits per heavy atom. The molecule has 8 heteroatoms. The zero-order valence-electron chi connectivity index (χ0n) is 16.2. The molecule has 0 aliphatic carbocycles. The van der Waals surface area contributed by atoms with Crippen molar-refractivity contribution in [3.05, 3.63) is 64.1 Å². The van der Waals surface area contributed by atoms with Crippen molar-refractivity contribution in [1.29, 1.82) is 0 Å². The molecule has 0 heterocycles. The van der Waals surface area contributed by atoms with E-state index in [9.17, 15) is 4.79 Å². The van der Waals surface area contributed by atoms with Crippen LogP contribution < -0.4 is 15.4 Å². The summed E-state index contributed by atoms with van der Waals surface area (Å²) in [6.07, 6.45) is 0. The van der Waals surface area contributed by atoms with Crippen LogP contribution in [0, 0.1) is 0 Å². The molecule has 0 saturated carbocycles. The topological polar surface area (TPSA) is 66.0 Å². The number of carbonyl (C=O) groups is 1. The van der Waals surface area contributed by atoms with Gasteiger partial charge in [-0.1, -0.05) is 28.1 Å². The molecule has 2 aromatic rings. The van der Waals surface area contributed by atoms with E-state index in [1.165, 1.54) is 5.56 Å². The van der Waals surface area contributed by atoms with Crippen LogP contribution in [0.4, 0.5) is 0 Å². The van der Waals surface area contributed by atoms with Crippen LogP contribution in [0.5, 0.6) is 5.75 Å². The van der Waals surface area contributed by atoms with Gasteiger partial charge in [-0.05, 0) is 42.0 Å². The summed E-state index contributed by atoms with van der Waals surface area (Å²) in [7, 11) is 5.32. The van der Waals surface area contributed by atoms with E-state index >= 15 is 0 Å². The summed E-state index contributed by atoms with van der Waals surface area (Å²) in [5.41, 5.74) is 1.80. The molecule has 0 fully saturated rings. The number of guanidine groups is 1. The Hall–Kier alpha value is -1.81. The lowest BCUT2D eigenvalue weighted by atomic mass is 10.2. The molecule has 2 rings (SSSR count). The molecular weight excluding hydrogens is 535 g/mol. The Labute approximate surface area is 191 Å². The number of hydrogen-bond acceptors (Lipinski definition) is 3. The first kappa shape index (κ1) is 24.2. The van der Waals surface area contributed by atoms with E-state index in [0.717, 1.165) is 22.7 Å².